The van der Waals surface area contributed by atoms with Crippen molar-refractivity contribution in [2.45, 2.75) is 69.8 Å². The van der Waals surface area contributed by atoms with Crippen molar-refractivity contribution in [2.75, 3.05) is 30.3 Å². The third kappa shape index (κ3) is 5.47. The topological polar surface area (TPSA) is 79.2 Å². The van der Waals surface area contributed by atoms with Gasteiger partial charge in [0.05, 0.1) is 18.4 Å². The lowest BCUT2D eigenvalue weighted by atomic mass is 9.68. The van der Waals surface area contributed by atoms with Crippen molar-refractivity contribution in [1.82, 2.24) is 0 Å². The Morgan fingerprint density at radius 1 is 1.13 bits per heavy atom. The van der Waals surface area contributed by atoms with E-state index in [1.807, 2.05) is 25.1 Å². The number of hydrogen-bond acceptors (Lipinski definition) is 6. The molecule has 1 fully saturated rings. The Hall–Kier alpha value is -2.09. The zero-order valence-electron chi connectivity index (χ0n) is 22.6. The average molecular weight is 570 g/mol. The summed E-state index contributed by atoms with van der Waals surface area (Å²) in [6.07, 6.45) is 7.44. The third-order valence-corrected chi connectivity index (χ3v) is 11.0. The molecule has 2 aliphatic carbocycles. The van der Waals surface area contributed by atoms with Crippen LogP contribution in [0.25, 0.3) is 0 Å². The van der Waals surface area contributed by atoms with Crippen LogP contribution in [-0.2, 0) is 26.6 Å². The van der Waals surface area contributed by atoms with Crippen LogP contribution in [0.5, 0.6) is 5.75 Å². The zero-order chi connectivity index (χ0) is 27.1. The molecule has 2 aromatic rings. The smallest absolute Gasteiger partial charge is 0.254 e. The molecule has 8 heteroatoms. The fraction of sp³-hybridized carbons (Fsp3) is 0.581. The molecule has 4 aliphatic rings. The highest BCUT2D eigenvalue weighted by Gasteiger charge is 2.44. The Morgan fingerprint density at radius 3 is 2.82 bits per heavy atom. The van der Waals surface area contributed by atoms with E-state index in [0.717, 1.165) is 80.9 Å². The highest BCUT2D eigenvalue weighted by atomic mass is 35.5. The van der Waals surface area contributed by atoms with Crippen molar-refractivity contribution in [3.63, 3.8) is 0 Å². The molecule has 0 aromatic heterocycles. The number of amides is 1. The van der Waals surface area contributed by atoms with Gasteiger partial charge in [0.15, 0.2) is 0 Å². The minimum atomic E-state index is -1.58. The first-order valence-electron chi connectivity index (χ1n) is 14.4. The molecule has 0 unspecified atom stereocenters. The first-order valence-corrected chi connectivity index (χ1v) is 16.1. The summed E-state index contributed by atoms with van der Waals surface area (Å²) in [6.45, 7) is 4.18. The van der Waals surface area contributed by atoms with Gasteiger partial charge in [0.2, 0.25) is 0 Å². The number of halogens is 1. The summed E-state index contributed by atoms with van der Waals surface area (Å²) in [5, 5.41) is 11.9. The van der Waals surface area contributed by atoms with Gasteiger partial charge in [0, 0.05) is 29.1 Å². The van der Waals surface area contributed by atoms with E-state index in [9.17, 15) is 14.1 Å². The number of aliphatic hydroxyl groups is 1. The summed E-state index contributed by atoms with van der Waals surface area (Å²) in [7, 11) is -1.58. The molecule has 0 saturated heterocycles. The first-order chi connectivity index (χ1) is 18.8. The first kappa shape index (κ1) is 27.1. The highest BCUT2D eigenvalue weighted by molar-refractivity contribution is 7.75. The van der Waals surface area contributed by atoms with Crippen LogP contribution < -0.4 is 9.64 Å². The van der Waals surface area contributed by atoms with Crippen molar-refractivity contribution in [3.8, 4) is 5.75 Å². The van der Waals surface area contributed by atoms with Crippen molar-refractivity contribution in [1.29, 1.82) is 0 Å². The number of hydrogen-bond donors (Lipinski definition) is 1. The van der Waals surface area contributed by atoms with E-state index in [0.29, 0.717) is 23.8 Å². The van der Waals surface area contributed by atoms with Gasteiger partial charge < -0.3 is 23.3 Å². The normalized spacial score (nSPS) is 31.8. The van der Waals surface area contributed by atoms with Gasteiger partial charge in [-0.1, -0.05) is 49.1 Å². The largest absolute Gasteiger partial charge is 0.490 e. The van der Waals surface area contributed by atoms with Crippen LogP contribution in [-0.4, -0.2) is 42.6 Å². The molecule has 0 radical (unpaired) electrons. The van der Waals surface area contributed by atoms with E-state index in [4.69, 9.17) is 16.3 Å². The lowest BCUT2D eigenvalue weighted by molar-refractivity contribution is 0.00868. The lowest BCUT2D eigenvalue weighted by Gasteiger charge is -2.45. The van der Waals surface area contributed by atoms with E-state index < -0.39 is 16.5 Å². The number of aryl methyl sites for hydroxylation is 1. The maximum Gasteiger partial charge on any atom is 0.254 e. The second-order valence-electron chi connectivity index (χ2n) is 12.3. The summed E-state index contributed by atoms with van der Waals surface area (Å²) < 4.78 is 23.3. The summed E-state index contributed by atoms with van der Waals surface area (Å²) in [6, 6.07) is 11.8. The van der Waals surface area contributed by atoms with Crippen LogP contribution >= 0.6 is 11.6 Å². The SMILES string of the molecule is C[C@H]1CCC[C@H](O)[C@@H]2CC[C@H]2CN2C[C@@]3(CCCc4cc(Cl)ccc43)COc3ccc(cc32)C(=O)N=[S-](=O)C1. The quantitative estimate of drug-likeness (QED) is 0.376. The molecule has 6 rings (SSSR count). The predicted molar refractivity (Wildman–Crippen MR) is 155 cm³/mol. The van der Waals surface area contributed by atoms with Gasteiger partial charge in [-0.15, -0.1) is 0 Å². The molecular formula is C31H38ClN2O4S-. The molecule has 6 nitrogen and oxygen atoms in total. The van der Waals surface area contributed by atoms with Crippen molar-refractivity contribution in [3.05, 3.63) is 58.1 Å². The number of fused-ring (bicyclic) bond motifs is 4. The zero-order valence-corrected chi connectivity index (χ0v) is 24.2. The van der Waals surface area contributed by atoms with Crippen LogP contribution in [0.2, 0.25) is 5.02 Å². The standard InChI is InChI=1S/C31H38ClN2O4S/c1-20-4-2-6-28(35)25-10-7-23(25)16-34-18-31(13-3-5-21-14-24(32)9-11-26(21)31)19-38-29-12-8-22(15-27(29)34)30(36)33-39(37)17-20/h8-9,11-12,14-15,20,23,25,28,35H,2-7,10,13,16-19H2,1H3/q-1/t20-,23-,25+,28-,31-/m0/s1. The maximum atomic E-state index is 13.1. The monoisotopic (exact) mass is 569 g/mol. The molecule has 1 N–H and O–H groups in total. The van der Waals surface area contributed by atoms with Crippen molar-refractivity contribution < 1.29 is 18.8 Å². The highest BCUT2D eigenvalue weighted by Crippen LogP contribution is 2.47. The van der Waals surface area contributed by atoms with E-state index in [2.05, 4.69) is 21.4 Å². The van der Waals surface area contributed by atoms with E-state index in [1.165, 1.54) is 11.1 Å². The van der Waals surface area contributed by atoms with Gasteiger partial charge in [0.25, 0.3) is 5.91 Å². The Balaban J connectivity index is 1.41. The number of carbonyl (C=O) groups excluding carboxylic acids is 1. The fourth-order valence-corrected chi connectivity index (χ4v) is 8.47. The second-order valence-corrected chi connectivity index (χ2v) is 13.9. The minimum Gasteiger partial charge on any atom is -0.490 e. The predicted octanol–water partition coefficient (Wildman–Crippen LogP) is 6.31. The number of aliphatic hydroxyl groups excluding tert-OH is 1. The molecule has 5 atom stereocenters. The summed E-state index contributed by atoms with van der Waals surface area (Å²) >= 11 is 6.38. The van der Waals surface area contributed by atoms with Gasteiger partial charge in [-0.05, 0) is 91.8 Å². The molecular weight excluding hydrogens is 532 g/mol. The number of benzene rings is 2. The molecule has 1 spiro atoms. The number of carbonyl (C=O) groups is 1. The lowest BCUT2D eigenvalue weighted by Crippen LogP contribution is -2.49. The molecule has 1 amide bonds. The van der Waals surface area contributed by atoms with Crippen LogP contribution in [0.1, 0.15) is 73.4 Å². The Bertz CT molecular complexity index is 1340. The molecule has 2 bridgehead atoms. The van der Waals surface area contributed by atoms with Crippen LogP contribution in [0, 0.1) is 17.8 Å². The van der Waals surface area contributed by atoms with Gasteiger partial charge in [0.1, 0.15) is 5.75 Å². The Morgan fingerprint density at radius 2 is 2.00 bits per heavy atom. The summed E-state index contributed by atoms with van der Waals surface area (Å²) in [5.74, 6) is 1.53. The number of rotatable bonds is 0. The molecule has 2 aromatic carbocycles. The average Bonchev–Trinajstić information content (AvgIpc) is 3.03. The van der Waals surface area contributed by atoms with E-state index in [1.54, 1.807) is 6.07 Å². The number of anilines is 1. The van der Waals surface area contributed by atoms with Crippen molar-refractivity contribution in [2.24, 2.45) is 22.1 Å². The van der Waals surface area contributed by atoms with Gasteiger partial charge in [-0.2, -0.15) is 10.6 Å². The Labute approximate surface area is 238 Å². The van der Waals surface area contributed by atoms with Crippen molar-refractivity contribution >= 4 is 33.8 Å². The molecule has 210 valence electrons. The number of nitrogens with zero attached hydrogens (tertiary/aromatic N) is 2. The summed E-state index contributed by atoms with van der Waals surface area (Å²) in [4.78, 5) is 15.5. The fourth-order valence-electron chi connectivity index (χ4n) is 7.26. The van der Waals surface area contributed by atoms with Crippen LogP contribution in [0.15, 0.2) is 40.8 Å². The maximum absolute atomic E-state index is 13.1. The van der Waals surface area contributed by atoms with Gasteiger partial charge >= 0.3 is 0 Å². The van der Waals surface area contributed by atoms with E-state index in [-0.39, 0.29) is 23.4 Å². The molecule has 2 aliphatic heterocycles. The molecule has 39 heavy (non-hydrogen) atoms. The number of ether oxygens (including phenoxy) is 1. The Kier molecular flexibility index (Phi) is 7.68. The molecule has 2 heterocycles. The second kappa shape index (κ2) is 11.1. The summed E-state index contributed by atoms with van der Waals surface area (Å²) in [5.41, 5.74) is 3.73. The van der Waals surface area contributed by atoms with Gasteiger partial charge in [-0.25, -0.2) is 0 Å². The van der Waals surface area contributed by atoms with Crippen LogP contribution in [0.4, 0.5) is 5.69 Å². The minimum absolute atomic E-state index is 0.181. The van der Waals surface area contributed by atoms with Crippen LogP contribution in [0.3, 0.4) is 0 Å². The van der Waals surface area contributed by atoms with Gasteiger partial charge in [-0.3, -0.25) is 4.79 Å². The van der Waals surface area contributed by atoms with E-state index >= 15 is 0 Å². The molecule has 1 saturated carbocycles. The third-order valence-electron chi connectivity index (χ3n) is 9.52.